The van der Waals surface area contributed by atoms with Crippen molar-refractivity contribution < 1.29 is 14.0 Å². The number of fused-ring (bicyclic) bond motifs is 1. The maximum atomic E-state index is 13.5. The van der Waals surface area contributed by atoms with Gasteiger partial charge in [-0.1, -0.05) is 60.7 Å². The van der Waals surface area contributed by atoms with Crippen LogP contribution in [0, 0.1) is 12.7 Å². The molecule has 2 N–H and O–H groups in total. The number of hydrazine groups is 1. The zero-order chi connectivity index (χ0) is 21.8. The van der Waals surface area contributed by atoms with E-state index in [0.717, 1.165) is 11.1 Å². The lowest BCUT2D eigenvalue weighted by Crippen LogP contribution is -2.44. The molecule has 4 rings (SSSR count). The number of benzene rings is 3. The first-order chi connectivity index (χ1) is 15.0. The van der Waals surface area contributed by atoms with Crippen molar-refractivity contribution in [1.82, 2.24) is 15.8 Å². The van der Waals surface area contributed by atoms with Gasteiger partial charge in [-0.25, -0.2) is 4.39 Å². The van der Waals surface area contributed by atoms with Gasteiger partial charge in [-0.05, 0) is 42.3 Å². The van der Waals surface area contributed by atoms with E-state index < -0.39 is 17.6 Å². The Bertz CT molecular complexity index is 1200. The number of halogens is 1. The number of hydrogen-bond acceptors (Lipinski definition) is 3. The van der Waals surface area contributed by atoms with E-state index >= 15 is 0 Å². The van der Waals surface area contributed by atoms with E-state index in [4.69, 9.17) is 0 Å². The van der Waals surface area contributed by atoms with Crippen LogP contribution in [-0.4, -0.2) is 16.8 Å². The lowest BCUT2D eigenvalue weighted by atomic mass is 9.91. The van der Waals surface area contributed by atoms with Crippen LogP contribution < -0.4 is 10.9 Å². The quantitative estimate of drug-likeness (QED) is 0.491. The summed E-state index contributed by atoms with van der Waals surface area (Å²) in [7, 11) is 0. The topological polar surface area (TPSA) is 71.1 Å². The average molecular weight is 413 g/mol. The molecule has 154 valence electrons. The number of carbonyl (C=O) groups excluding carboxylic acids is 2. The van der Waals surface area contributed by atoms with E-state index in [1.165, 1.54) is 12.1 Å². The summed E-state index contributed by atoms with van der Waals surface area (Å²) in [6.45, 7) is 1.69. The Kier molecular flexibility index (Phi) is 5.71. The Balaban J connectivity index is 1.56. The highest BCUT2D eigenvalue weighted by atomic mass is 19.1. The van der Waals surface area contributed by atoms with Crippen molar-refractivity contribution in [3.8, 4) is 0 Å². The number of carbonyl (C=O) groups is 2. The third-order valence-corrected chi connectivity index (χ3v) is 5.04. The van der Waals surface area contributed by atoms with Crippen molar-refractivity contribution in [3.05, 3.63) is 113 Å². The van der Waals surface area contributed by atoms with Gasteiger partial charge in [0.15, 0.2) is 0 Å². The van der Waals surface area contributed by atoms with Crippen LogP contribution in [0.5, 0.6) is 0 Å². The Hall–Kier alpha value is -4.06. The first kappa shape index (κ1) is 20.2. The van der Waals surface area contributed by atoms with Crippen LogP contribution >= 0.6 is 0 Å². The molecule has 1 heterocycles. The molecule has 0 unspecified atom stereocenters. The molecule has 0 saturated heterocycles. The molecule has 0 aliphatic rings. The Labute approximate surface area is 178 Å². The Morgan fingerprint density at radius 2 is 1.45 bits per heavy atom. The highest BCUT2D eigenvalue weighted by molar-refractivity contribution is 6.00. The largest absolute Gasteiger partial charge is 0.272 e. The first-order valence-corrected chi connectivity index (χ1v) is 9.80. The molecule has 0 bridgehead atoms. The monoisotopic (exact) mass is 413 g/mol. The van der Waals surface area contributed by atoms with Crippen molar-refractivity contribution in [2.45, 2.75) is 12.8 Å². The fourth-order valence-electron chi connectivity index (χ4n) is 3.52. The second kappa shape index (κ2) is 8.75. The van der Waals surface area contributed by atoms with Crippen molar-refractivity contribution >= 4 is 22.7 Å². The fraction of sp³-hybridized carbons (Fsp3) is 0.0800. The molecule has 1 aromatic heterocycles. The SMILES string of the molecule is Cc1nc2ccc(F)cc2cc1C(=O)NNC(=O)C(c1ccccc1)c1ccccc1. The van der Waals surface area contributed by atoms with E-state index in [9.17, 15) is 14.0 Å². The van der Waals surface area contributed by atoms with Crippen LogP contribution in [0.25, 0.3) is 10.9 Å². The molecule has 0 fully saturated rings. The van der Waals surface area contributed by atoms with Gasteiger partial charge in [-0.15, -0.1) is 0 Å². The van der Waals surface area contributed by atoms with Gasteiger partial charge in [0, 0.05) is 5.39 Å². The highest BCUT2D eigenvalue weighted by Gasteiger charge is 2.23. The van der Waals surface area contributed by atoms with E-state index in [1.807, 2.05) is 60.7 Å². The van der Waals surface area contributed by atoms with E-state index in [1.54, 1.807) is 19.1 Å². The standard InChI is InChI=1S/C25H20FN3O2/c1-16-21(15-19-14-20(26)12-13-22(19)27-16)24(30)28-29-25(31)23(17-8-4-2-5-9-17)18-10-6-3-7-11-18/h2-15,23H,1H3,(H,28,30)(H,29,31). The van der Waals surface area contributed by atoms with Crippen molar-refractivity contribution in [2.24, 2.45) is 0 Å². The normalized spacial score (nSPS) is 10.8. The van der Waals surface area contributed by atoms with E-state index in [-0.39, 0.29) is 11.5 Å². The summed E-state index contributed by atoms with van der Waals surface area (Å²) in [6, 6.07) is 24.4. The second-order valence-corrected chi connectivity index (χ2v) is 7.16. The van der Waals surface area contributed by atoms with Gasteiger partial charge in [0.25, 0.3) is 5.91 Å². The third-order valence-electron chi connectivity index (χ3n) is 5.04. The Morgan fingerprint density at radius 3 is 2.06 bits per heavy atom. The number of aromatic nitrogens is 1. The van der Waals surface area contributed by atoms with Crippen LogP contribution in [-0.2, 0) is 4.79 Å². The molecule has 0 spiro atoms. The number of nitrogens with one attached hydrogen (secondary N) is 2. The van der Waals surface area contributed by atoms with E-state index in [0.29, 0.717) is 16.6 Å². The van der Waals surface area contributed by atoms with Crippen LogP contribution in [0.1, 0.15) is 33.1 Å². The second-order valence-electron chi connectivity index (χ2n) is 7.16. The number of amides is 2. The van der Waals surface area contributed by atoms with Crippen molar-refractivity contribution in [2.75, 3.05) is 0 Å². The van der Waals surface area contributed by atoms with Gasteiger partial charge in [0.1, 0.15) is 5.82 Å². The number of rotatable bonds is 4. The van der Waals surface area contributed by atoms with Crippen LogP contribution in [0.2, 0.25) is 0 Å². The van der Waals surface area contributed by atoms with Crippen LogP contribution in [0.15, 0.2) is 84.9 Å². The van der Waals surface area contributed by atoms with E-state index in [2.05, 4.69) is 15.8 Å². The lowest BCUT2D eigenvalue weighted by Gasteiger charge is -2.18. The summed E-state index contributed by atoms with van der Waals surface area (Å²) in [5.41, 5.74) is 7.93. The lowest BCUT2D eigenvalue weighted by molar-refractivity contribution is -0.122. The van der Waals surface area contributed by atoms with Crippen molar-refractivity contribution in [3.63, 3.8) is 0 Å². The molecule has 0 aliphatic carbocycles. The molecule has 0 aliphatic heterocycles. The van der Waals surface area contributed by atoms with Gasteiger partial charge in [0.05, 0.1) is 22.7 Å². The minimum absolute atomic E-state index is 0.259. The molecule has 0 atom stereocenters. The third kappa shape index (κ3) is 4.43. The molecule has 4 aromatic rings. The summed E-state index contributed by atoms with van der Waals surface area (Å²) >= 11 is 0. The number of pyridine rings is 1. The molecular weight excluding hydrogens is 393 g/mol. The van der Waals surface area contributed by atoms with Gasteiger partial charge in [0.2, 0.25) is 5.91 Å². The molecule has 3 aromatic carbocycles. The minimum atomic E-state index is -0.590. The first-order valence-electron chi connectivity index (χ1n) is 9.80. The van der Waals surface area contributed by atoms with Crippen molar-refractivity contribution in [1.29, 1.82) is 0 Å². The molecular formula is C25H20FN3O2. The van der Waals surface area contributed by atoms with Crippen LogP contribution in [0.4, 0.5) is 4.39 Å². The predicted octanol–water partition coefficient (Wildman–Crippen LogP) is 4.28. The molecule has 0 radical (unpaired) electrons. The van der Waals surface area contributed by atoms with Gasteiger partial charge >= 0.3 is 0 Å². The number of aryl methyl sites for hydroxylation is 1. The van der Waals surface area contributed by atoms with Gasteiger partial charge in [-0.2, -0.15) is 0 Å². The average Bonchev–Trinajstić information content (AvgIpc) is 2.79. The zero-order valence-corrected chi connectivity index (χ0v) is 16.8. The fourth-order valence-corrected chi connectivity index (χ4v) is 3.52. The summed E-state index contributed by atoms with van der Waals surface area (Å²) in [5, 5.41) is 0.508. The molecule has 6 heteroatoms. The van der Waals surface area contributed by atoms with Crippen LogP contribution in [0.3, 0.4) is 0 Å². The smallest absolute Gasteiger partial charge is 0.271 e. The Morgan fingerprint density at radius 1 is 0.839 bits per heavy atom. The minimum Gasteiger partial charge on any atom is -0.272 e. The number of nitrogens with zero attached hydrogens (tertiary/aromatic N) is 1. The van der Waals surface area contributed by atoms with Gasteiger partial charge < -0.3 is 0 Å². The summed E-state index contributed by atoms with van der Waals surface area (Å²) in [4.78, 5) is 30.1. The highest BCUT2D eigenvalue weighted by Crippen LogP contribution is 2.24. The maximum absolute atomic E-state index is 13.5. The predicted molar refractivity (Wildman–Crippen MR) is 117 cm³/mol. The molecule has 0 saturated carbocycles. The van der Waals surface area contributed by atoms with Gasteiger partial charge in [-0.3, -0.25) is 25.4 Å². The summed E-state index contributed by atoms with van der Waals surface area (Å²) < 4.78 is 13.5. The summed E-state index contributed by atoms with van der Waals surface area (Å²) in [5.74, 6) is -1.90. The molecule has 2 amide bonds. The molecule has 5 nitrogen and oxygen atoms in total. The maximum Gasteiger partial charge on any atom is 0.271 e. The molecule has 31 heavy (non-hydrogen) atoms. The number of hydrogen-bond donors (Lipinski definition) is 2. The zero-order valence-electron chi connectivity index (χ0n) is 16.8. The summed E-state index contributed by atoms with van der Waals surface area (Å²) in [6.07, 6.45) is 0.